The first-order chi connectivity index (χ1) is 7.35. The molecule has 3 nitrogen and oxygen atoms in total. The molecule has 0 N–H and O–H groups in total. The molecule has 0 radical (unpaired) electrons. The van der Waals surface area contributed by atoms with Crippen molar-refractivity contribution in [2.24, 2.45) is 5.92 Å². The minimum Gasteiger partial charge on any atom is -0.378 e. The summed E-state index contributed by atoms with van der Waals surface area (Å²) in [6.45, 7) is 4.06. The molecule has 2 rings (SSSR count). The Hall–Kier alpha value is -0.540. The lowest BCUT2D eigenvalue weighted by Gasteiger charge is -2.18. The third-order valence-corrected chi connectivity index (χ3v) is 3.39. The first-order valence-corrected chi connectivity index (χ1v) is 6.05. The van der Waals surface area contributed by atoms with Crippen molar-refractivity contribution in [2.45, 2.75) is 38.3 Å². The molecule has 0 aromatic carbocycles. The van der Waals surface area contributed by atoms with E-state index < -0.39 is 0 Å². The number of alkyl halides is 1. The summed E-state index contributed by atoms with van der Waals surface area (Å²) in [5.74, 6) is 1.15. The first kappa shape index (κ1) is 11.0. The number of aromatic nitrogens is 2. The van der Waals surface area contributed by atoms with Crippen LogP contribution in [0.5, 0.6) is 0 Å². The SMILES string of the molecule is CCC1OCCC1Cn1cncc1CCl. The van der Waals surface area contributed by atoms with E-state index in [9.17, 15) is 0 Å². The minimum absolute atomic E-state index is 0.413. The Morgan fingerprint density at radius 1 is 1.67 bits per heavy atom. The summed E-state index contributed by atoms with van der Waals surface area (Å²) in [5.41, 5.74) is 1.10. The molecule has 0 saturated carbocycles. The molecule has 0 bridgehead atoms. The van der Waals surface area contributed by atoms with Crippen molar-refractivity contribution in [3.05, 3.63) is 18.2 Å². The number of rotatable bonds is 4. The fourth-order valence-electron chi connectivity index (χ4n) is 2.23. The van der Waals surface area contributed by atoms with Crippen LogP contribution in [0.4, 0.5) is 0 Å². The number of hydrogen-bond donors (Lipinski definition) is 0. The van der Waals surface area contributed by atoms with Crippen LogP contribution in [-0.4, -0.2) is 22.3 Å². The highest BCUT2D eigenvalue weighted by Crippen LogP contribution is 2.25. The van der Waals surface area contributed by atoms with Crippen molar-refractivity contribution in [2.75, 3.05) is 6.61 Å². The highest BCUT2D eigenvalue weighted by atomic mass is 35.5. The van der Waals surface area contributed by atoms with Crippen LogP contribution in [0.25, 0.3) is 0 Å². The van der Waals surface area contributed by atoms with Gasteiger partial charge in [0.15, 0.2) is 0 Å². The monoisotopic (exact) mass is 228 g/mol. The molecule has 0 spiro atoms. The number of hydrogen-bond acceptors (Lipinski definition) is 2. The Balaban J connectivity index is 2.01. The molecule has 1 aromatic heterocycles. The predicted molar refractivity (Wildman–Crippen MR) is 59.9 cm³/mol. The van der Waals surface area contributed by atoms with E-state index in [0.29, 0.717) is 17.9 Å². The average Bonchev–Trinajstić information content (AvgIpc) is 2.87. The topological polar surface area (TPSA) is 27.1 Å². The van der Waals surface area contributed by atoms with E-state index in [0.717, 1.165) is 31.7 Å². The van der Waals surface area contributed by atoms with Gasteiger partial charge in [0.25, 0.3) is 0 Å². The van der Waals surface area contributed by atoms with Gasteiger partial charge in [-0.25, -0.2) is 4.98 Å². The Labute approximate surface area is 95.4 Å². The molecule has 0 aliphatic carbocycles. The third kappa shape index (κ3) is 2.34. The summed E-state index contributed by atoms with van der Waals surface area (Å²) < 4.78 is 7.82. The lowest BCUT2D eigenvalue weighted by Crippen LogP contribution is -2.20. The van der Waals surface area contributed by atoms with Crippen LogP contribution in [0, 0.1) is 5.92 Å². The second-order valence-corrected chi connectivity index (χ2v) is 4.30. The summed E-state index contributed by atoms with van der Waals surface area (Å²) in [6.07, 6.45) is 6.36. The van der Waals surface area contributed by atoms with Crippen molar-refractivity contribution >= 4 is 11.6 Å². The van der Waals surface area contributed by atoms with Crippen LogP contribution in [0.2, 0.25) is 0 Å². The normalized spacial score (nSPS) is 26.0. The molecular weight excluding hydrogens is 212 g/mol. The molecule has 15 heavy (non-hydrogen) atoms. The lowest BCUT2D eigenvalue weighted by molar-refractivity contribution is 0.0833. The number of nitrogens with zero attached hydrogens (tertiary/aromatic N) is 2. The summed E-state index contributed by atoms with van der Waals surface area (Å²) in [4.78, 5) is 4.12. The molecule has 1 aliphatic rings. The molecule has 1 fully saturated rings. The number of ether oxygens (including phenoxy) is 1. The predicted octanol–water partition coefficient (Wildman–Crippen LogP) is 2.44. The van der Waals surface area contributed by atoms with E-state index in [1.54, 1.807) is 0 Å². The molecule has 84 valence electrons. The Bertz CT molecular complexity index is 313. The van der Waals surface area contributed by atoms with Gasteiger partial charge in [-0.15, -0.1) is 11.6 Å². The summed E-state index contributed by atoms with van der Waals surface area (Å²) in [7, 11) is 0. The molecule has 1 aromatic rings. The molecule has 1 aliphatic heterocycles. The van der Waals surface area contributed by atoms with Gasteiger partial charge in [-0.1, -0.05) is 6.92 Å². The molecule has 2 heterocycles. The number of imidazole rings is 1. The molecule has 1 saturated heterocycles. The second-order valence-electron chi connectivity index (χ2n) is 4.04. The fraction of sp³-hybridized carbons (Fsp3) is 0.727. The second kappa shape index (κ2) is 4.99. The Morgan fingerprint density at radius 2 is 2.53 bits per heavy atom. The van der Waals surface area contributed by atoms with Crippen molar-refractivity contribution in [3.63, 3.8) is 0 Å². The van der Waals surface area contributed by atoms with Gasteiger partial charge in [-0.2, -0.15) is 0 Å². The summed E-state index contributed by atoms with van der Waals surface area (Å²) >= 11 is 5.84. The standard InChI is InChI=1S/C11H17ClN2O/c1-2-11-9(3-4-15-11)7-14-8-13-6-10(14)5-12/h6,8-9,11H,2-5,7H2,1H3. The van der Waals surface area contributed by atoms with E-state index >= 15 is 0 Å². The van der Waals surface area contributed by atoms with Gasteiger partial charge in [0.2, 0.25) is 0 Å². The van der Waals surface area contributed by atoms with Crippen LogP contribution in [0.3, 0.4) is 0 Å². The minimum atomic E-state index is 0.413. The molecule has 0 amide bonds. The van der Waals surface area contributed by atoms with Crippen LogP contribution >= 0.6 is 11.6 Å². The largest absolute Gasteiger partial charge is 0.378 e. The van der Waals surface area contributed by atoms with E-state index in [2.05, 4.69) is 16.5 Å². The molecule has 4 heteroatoms. The van der Waals surface area contributed by atoms with Gasteiger partial charge in [0.1, 0.15) is 0 Å². The zero-order valence-corrected chi connectivity index (χ0v) is 9.78. The fourth-order valence-corrected chi connectivity index (χ4v) is 2.45. The first-order valence-electron chi connectivity index (χ1n) is 5.51. The zero-order valence-electron chi connectivity index (χ0n) is 9.03. The van der Waals surface area contributed by atoms with E-state index in [-0.39, 0.29) is 0 Å². The maximum atomic E-state index is 5.84. The van der Waals surface area contributed by atoms with Crippen molar-refractivity contribution < 1.29 is 4.74 Å². The quantitative estimate of drug-likeness (QED) is 0.741. The summed E-state index contributed by atoms with van der Waals surface area (Å²) in [6, 6.07) is 0. The highest BCUT2D eigenvalue weighted by molar-refractivity contribution is 6.16. The van der Waals surface area contributed by atoms with Crippen LogP contribution in [0.1, 0.15) is 25.5 Å². The van der Waals surface area contributed by atoms with Crippen molar-refractivity contribution in [1.29, 1.82) is 0 Å². The third-order valence-electron chi connectivity index (χ3n) is 3.12. The van der Waals surface area contributed by atoms with Crippen LogP contribution in [0.15, 0.2) is 12.5 Å². The maximum Gasteiger partial charge on any atom is 0.0948 e. The number of halogens is 1. The van der Waals surface area contributed by atoms with Crippen LogP contribution in [-0.2, 0) is 17.2 Å². The van der Waals surface area contributed by atoms with E-state index in [4.69, 9.17) is 16.3 Å². The highest BCUT2D eigenvalue weighted by Gasteiger charge is 2.27. The van der Waals surface area contributed by atoms with Gasteiger partial charge < -0.3 is 9.30 Å². The molecular formula is C11H17ClN2O. The van der Waals surface area contributed by atoms with Crippen molar-refractivity contribution in [3.8, 4) is 0 Å². The van der Waals surface area contributed by atoms with Gasteiger partial charge in [0.05, 0.1) is 24.0 Å². The van der Waals surface area contributed by atoms with E-state index in [1.807, 2.05) is 12.5 Å². The van der Waals surface area contributed by atoms with Crippen LogP contribution < -0.4 is 0 Å². The maximum absolute atomic E-state index is 5.84. The Morgan fingerprint density at radius 3 is 3.27 bits per heavy atom. The van der Waals surface area contributed by atoms with Gasteiger partial charge >= 0.3 is 0 Å². The average molecular weight is 229 g/mol. The smallest absolute Gasteiger partial charge is 0.0948 e. The molecule has 2 unspecified atom stereocenters. The Kier molecular flexibility index (Phi) is 3.65. The summed E-state index contributed by atoms with van der Waals surface area (Å²) in [5, 5.41) is 0. The van der Waals surface area contributed by atoms with Gasteiger partial charge in [-0.3, -0.25) is 0 Å². The zero-order chi connectivity index (χ0) is 10.7. The van der Waals surface area contributed by atoms with E-state index in [1.165, 1.54) is 0 Å². The van der Waals surface area contributed by atoms with Gasteiger partial charge in [-0.05, 0) is 12.8 Å². The van der Waals surface area contributed by atoms with Gasteiger partial charge in [0, 0.05) is 25.3 Å². The molecule has 2 atom stereocenters. The van der Waals surface area contributed by atoms with Crippen molar-refractivity contribution in [1.82, 2.24) is 9.55 Å². The lowest BCUT2D eigenvalue weighted by atomic mass is 9.99.